The van der Waals surface area contributed by atoms with Crippen molar-refractivity contribution in [1.82, 2.24) is 4.98 Å². The van der Waals surface area contributed by atoms with Crippen LogP contribution in [0.3, 0.4) is 0 Å². The first-order chi connectivity index (χ1) is 8.00. The molecule has 2 aromatic rings. The van der Waals surface area contributed by atoms with E-state index >= 15 is 0 Å². The number of pyridine rings is 1. The average Bonchev–Trinajstić information content (AvgIpc) is 2.32. The van der Waals surface area contributed by atoms with Gasteiger partial charge in [-0.05, 0) is 36.8 Å². The topological polar surface area (TPSA) is 33.1 Å². The van der Waals surface area contributed by atoms with Crippen molar-refractivity contribution < 1.29 is 5.11 Å². The van der Waals surface area contributed by atoms with E-state index in [4.69, 9.17) is 34.8 Å². The zero-order valence-electron chi connectivity index (χ0n) is 9.25. The number of phenols is 1. The minimum absolute atomic E-state index is 0. The Morgan fingerprint density at radius 2 is 1.56 bits per heavy atom. The van der Waals surface area contributed by atoms with Gasteiger partial charge in [0.05, 0.1) is 15.7 Å². The number of rotatable bonds is 1. The first kappa shape index (κ1) is 15.9. The van der Waals surface area contributed by atoms with E-state index in [1.807, 2.05) is 6.92 Å². The summed E-state index contributed by atoms with van der Waals surface area (Å²) in [6, 6.07) is 6.64. The standard InChI is InChI=1S/C12H8Cl3NO.Te/c1-6-9(13)10(14)12(15)16-11(6)7-2-4-8(17)5-3-7;/h2-5,17H,1H3;. The zero-order valence-corrected chi connectivity index (χ0v) is 13.8. The van der Waals surface area contributed by atoms with Gasteiger partial charge in [0, 0.05) is 29.2 Å². The van der Waals surface area contributed by atoms with Crippen LogP contribution in [-0.2, 0) is 0 Å². The Kier molecular flexibility index (Phi) is 5.58. The van der Waals surface area contributed by atoms with Gasteiger partial charge < -0.3 is 5.11 Å². The van der Waals surface area contributed by atoms with Crippen LogP contribution in [0.15, 0.2) is 24.3 Å². The molecule has 1 aromatic heterocycles. The summed E-state index contributed by atoms with van der Waals surface area (Å²) in [5.41, 5.74) is 2.23. The summed E-state index contributed by atoms with van der Waals surface area (Å²) in [6.45, 7) is 1.82. The van der Waals surface area contributed by atoms with Crippen molar-refractivity contribution in [2.24, 2.45) is 0 Å². The Morgan fingerprint density at radius 1 is 1.00 bits per heavy atom. The van der Waals surface area contributed by atoms with Crippen LogP contribution in [0.5, 0.6) is 5.75 Å². The van der Waals surface area contributed by atoms with Crippen molar-refractivity contribution in [2.45, 2.75) is 6.92 Å². The second-order valence-corrected chi connectivity index (χ2v) is 4.67. The third-order valence-electron chi connectivity index (χ3n) is 2.41. The molecule has 0 fully saturated rings. The molecule has 2 rings (SSSR count). The summed E-state index contributed by atoms with van der Waals surface area (Å²) in [7, 11) is 0. The number of aromatic nitrogens is 1. The number of benzene rings is 1. The first-order valence-electron chi connectivity index (χ1n) is 4.81. The Morgan fingerprint density at radius 3 is 2.11 bits per heavy atom. The van der Waals surface area contributed by atoms with Crippen molar-refractivity contribution >= 4 is 58.5 Å². The van der Waals surface area contributed by atoms with E-state index in [0.29, 0.717) is 10.7 Å². The molecule has 0 bridgehead atoms. The smallest absolute Gasteiger partial charge is 0.149 e. The van der Waals surface area contributed by atoms with E-state index in [0.717, 1.165) is 11.1 Å². The van der Waals surface area contributed by atoms with Crippen LogP contribution in [-0.4, -0.2) is 33.8 Å². The molecule has 18 heavy (non-hydrogen) atoms. The maximum absolute atomic E-state index is 9.23. The van der Waals surface area contributed by atoms with Crippen molar-refractivity contribution in [3.8, 4) is 17.0 Å². The van der Waals surface area contributed by atoms with E-state index in [9.17, 15) is 5.11 Å². The molecule has 0 saturated heterocycles. The van der Waals surface area contributed by atoms with E-state index in [1.54, 1.807) is 24.3 Å². The number of phenolic OH excluding ortho intramolecular Hbond substituents is 1. The minimum Gasteiger partial charge on any atom is -0.508 e. The number of aromatic hydroxyl groups is 1. The van der Waals surface area contributed by atoms with Gasteiger partial charge in [-0.2, -0.15) is 0 Å². The average molecular weight is 416 g/mol. The van der Waals surface area contributed by atoms with Gasteiger partial charge in [-0.1, -0.05) is 34.8 Å². The molecule has 0 atom stereocenters. The molecule has 0 amide bonds. The van der Waals surface area contributed by atoms with Gasteiger partial charge in [0.2, 0.25) is 0 Å². The molecule has 94 valence electrons. The van der Waals surface area contributed by atoms with Crippen LogP contribution in [0, 0.1) is 6.92 Å². The quantitative estimate of drug-likeness (QED) is 0.555. The van der Waals surface area contributed by atoms with E-state index in [1.165, 1.54) is 0 Å². The predicted molar refractivity (Wildman–Crippen MR) is 76.9 cm³/mol. The third kappa shape index (κ3) is 3.04. The summed E-state index contributed by atoms with van der Waals surface area (Å²) >= 11 is 17.9. The molecule has 0 saturated carbocycles. The molecule has 0 unspecified atom stereocenters. The Hall–Kier alpha value is -0.170. The van der Waals surface area contributed by atoms with Crippen molar-refractivity contribution in [3.63, 3.8) is 0 Å². The number of halogens is 3. The fraction of sp³-hybridized carbons (Fsp3) is 0.0833. The Bertz CT molecular complexity index is 573. The molecule has 1 aromatic carbocycles. The monoisotopic (exact) mass is 417 g/mol. The van der Waals surface area contributed by atoms with Crippen molar-refractivity contribution in [3.05, 3.63) is 45.0 Å². The second-order valence-electron chi connectivity index (χ2n) is 3.55. The fourth-order valence-corrected chi connectivity index (χ4v) is 2.08. The van der Waals surface area contributed by atoms with Gasteiger partial charge >= 0.3 is 0 Å². The number of hydrogen-bond donors (Lipinski definition) is 1. The van der Waals surface area contributed by atoms with Gasteiger partial charge in [-0.15, -0.1) is 0 Å². The SMILES string of the molecule is Cc1c(-c2ccc(O)cc2)nc(Cl)c(Cl)c1Cl.[Te]. The molecule has 1 N–H and O–H groups in total. The second kappa shape index (κ2) is 6.32. The largest absolute Gasteiger partial charge is 0.508 e. The predicted octanol–water partition coefficient (Wildman–Crippen LogP) is 4.34. The van der Waals surface area contributed by atoms with Gasteiger partial charge in [0.1, 0.15) is 10.9 Å². The van der Waals surface area contributed by atoms with Gasteiger partial charge in [-0.3, -0.25) is 0 Å². The van der Waals surface area contributed by atoms with E-state index < -0.39 is 0 Å². The van der Waals surface area contributed by atoms with Crippen LogP contribution < -0.4 is 0 Å². The molecule has 0 aliphatic heterocycles. The zero-order chi connectivity index (χ0) is 12.6. The Labute approximate surface area is 137 Å². The van der Waals surface area contributed by atoms with Crippen LogP contribution in [0.1, 0.15) is 5.56 Å². The van der Waals surface area contributed by atoms with Crippen molar-refractivity contribution in [2.75, 3.05) is 0 Å². The maximum Gasteiger partial charge on any atom is 0.149 e. The first-order valence-corrected chi connectivity index (χ1v) is 5.94. The van der Waals surface area contributed by atoms with Gasteiger partial charge in [-0.25, -0.2) is 4.98 Å². The normalized spacial score (nSPS) is 10.0. The summed E-state index contributed by atoms with van der Waals surface area (Å²) in [5, 5.41) is 10.1. The summed E-state index contributed by atoms with van der Waals surface area (Å²) in [4.78, 5) is 4.20. The summed E-state index contributed by atoms with van der Waals surface area (Å²) in [5.74, 6) is 0.192. The molecule has 0 aliphatic carbocycles. The van der Waals surface area contributed by atoms with Gasteiger partial charge in [0.15, 0.2) is 0 Å². The van der Waals surface area contributed by atoms with Gasteiger partial charge in [0.25, 0.3) is 0 Å². The summed E-state index contributed by atoms with van der Waals surface area (Å²) in [6.07, 6.45) is 0. The van der Waals surface area contributed by atoms with Crippen LogP contribution in [0.4, 0.5) is 0 Å². The fourth-order valence-electron chi connectivity index (χ4n) is 1.49. The van der Waals surface area contributed by atoms with Crippen molar-refractivity contribution in [1.29, 1.82) is 0 Å². The molecule has 6 heteroatoms. The molecular formula is C12H8Cl3NOTe. The maximum atomic E-state index is 9.23. The minimum atomic E-state index is 0. The van der Waals surface area contributed by atoms with E-state index in [-0.39, 0.29) is 39.6 Å². The van der Waals surface area contributed by atoms with Crippen LogP contribution in [0.25, 0.3) is 11.3 Å². The molecule has 2 radical (unpaired) electrons. The van der Waals surface area contributed by atoms with Crippen LogP contribution in [0.2, 0.25) is 15.2 Å². The third-order valence-corrected chi connectivity index (χ3v) is 3.72. The number of hydrogen-bond acceptors (Lipinski definition) is 2. The van der Waals surface area contributed by atoms with Crippen LogP contribution >= 0.6 is 34.8 Å². The molecule has 0 aliphatic rings. The molecule has 1 heterocycles. The molecule has 0 spiro atoms. The number of nitrogens with zero attached hydrogens (tertiary/aromatic N) is 1. The summed E-state index contributed by atoms with van der Waals surface area (Å²) < 4.78 is 0. The molecular weight excluding hydrogens is 408 g/mol. The van der Waals surface area contributed by atoms with E-state index in [2.05, 4.69) is 4.98 Å². The molecule has 2 nitrogen and oxygen atoms in total. The Balaban J connectivity index is 0.00000162.